The third-order valence-electron chi connectivity index (χ3n) is 7.61. The first-order chi connectivity index (χ1) is 16.1. The molecule has 1 aromatic rings. The lowest BCUT2D eigenvalue weighted by atomic mass is 9.77. The molecule has 2 saturated heterocycles. The first-order valence-corrected chi connectivity index (χ1v) is 12.9. The molecule has 1 amide bonds. The number of hydrogen-bond donors (Lipinski definition) is 2. The first-order valence-electron chi connectivity index (χ1n) is 12.9. The van der Waals surface area contributed by atoms with E-state index in [9.17, 15) is 9.59 Å². The Labute approximate surface area is 196 Å². The van der Waals surface area contributed by atoms with Gasteiger partial charge in [0, 0.05) is 18.9 Å². The van der Waals surface area contributed by atoms with E-state index in [1.165, 1.54) is 51.2 Å². The number of nitrogens with one attached hydrogen (secondary N) is 1. The van der Waals surface area contributed by atoms with E-state index >= 15 is 0 Å². The summed E-state index contributed by atoms with van der Waals surface area (Å²) in [5, 5.41) is 11.8. The molecule has 3 aliphatic rings. The average Bonchev–Trinajstić information content (AvgIpc) is 3.55. The van der Waals surface area contributed by atoms with E-state index in [2.05, 4.69) is 16.4 Å². The third kappa shape index (κ3) is 6.46. The molecule has 0 unspecified atom stereocenters. The summed E-state index contributed by atoms with van der Waals surface area (Å²) in [7, 11) is 0. The second kappa shape index (κ2) is 11.8. The molecule has 2 N–H and O–H groups in total. The molecular weight excluding hydrogens is 420 g/mol. The van der Waals surface area contributed by atoms with Crippen molar-refractivity contribution in [3.05, 3.63) is 30.0 Å². The van der Waals surface area contributed by atoms with E-state index in [1.54, 1.807) is 0 Å². The summed E-state index contributed by atoms with van der Waals surface area (Å²) in [4.78, 5) is 27.8. The minimum atomic E-state index is -0.782. The summed E-state index contributed by atoms with van der Waals surface area (Å²) in [5.74, 6) is 0.821. The molecular formula is C26H38N2O5. The highest BCUT2D eigenvalue weighted by Crippen LogP contribution is 2.50. The topological polar surface area (TPSA) is 102 Å². The van der Waals surface area contributed by atoms with Crippen molar-refractivity contribution in [1.82, 2.24) is 10.3 Å². The number of carbonyl (C=O) groups excluding carboxylic acids is 1. The largest absolute Gasteiger partial charge is 0.481 e. The molecule has 4 rings (SSSR count). The fourth-order valence-corrected chi connectivity index (χ4v) is 5.87. The van der Waals surface area contributed by atoms with E-state index in [1.807, 2.05) is 6.08 Å². The SMILES string of the molecule is O=C(O)CC/C=C/C[C@H]1[C@@H](c2nc(C(=O)NCCCCC3CCCCC3)co2)[C@@H]2CC[C@H]1O2. The number of carbonyl (C=O) groups is 2. The van der Waals surface area contributed by atoms with Gasteiger partial charge in [-0.15, -0.1) is 0 Å². The molecule has 3 fully saturated rings. The number of unbranched alkanes of at least 4 members (excludes halogenated alkanes) is 1. The third-order valence-corrected chi connectivity index (χ3v) is 7.61. The number of amides is 1. The van der Waals surface area contributed by atoms with Gasteiger partial charge in [0.1, 0.15) is 6.26 Å². The highest BCUT2D eigenvalue weighted by Gasteiger charge is 2.51. The van der Waals surface area contributed by atoms with Crippen LogP contribution in [-0.2, 0) is 9.53 Å². The summed E-state index contributed by atoms with van der Waals surface area (Å²) < 4.78 is 11.9. The van der Waals surface area contributed by atoms with Gasteiger partial charge in [-0.05, 0) is 38.0 Å². The molecule has 2 aliphatic heterocycles. The van der Waals surface area contributed by atoms with E-state index in [-0.39, 0.29) is 36.4 Å². The van der Waals surface area contributed by atoms with Crippen molar-refractivity contribution < 1.29 is 23.8 Å². The van der Waals surface area contributed by atoms with Gasteiger partial charge in [-0.25, -0.2) is 4.98 Å². The number of allylic oxidation sites excluding steroid dienone is 2. The number of carboxylic acid groups (broad SMARTS) is 1. The van der Waals surface area contributed by atoms with Crippen molar-refractivity contribution in [3.8, 4) is 0 Å². The monoisotopic (exact) mass is 458 g/mol. The number of rotatable bonds is 12. The molecule has 0 spiro atoms. The quantitative estimate of drug-likeness (QED) is 0.329. The molecule has 4 atom stereocenters. The van der Waals surface area contributed by atoms with Crippen LogP contribution in [-0.4, -0.2) is 40.7 Å². The second-order valence-electron chi connectivity index (χ2n) is 9.95. The van der Waals surface area contributed by atoms with Gasteiger partial charge in [-0.3, -0.25) is 9.59 Å². The average molecular weight is 459 g/mol. The standard InChI is InChI=1S/C26H38N2O5/c29-23(30)13-6-2-5-12-19-21-14-15-22(33-21)24(19)26-28-20(17-32-26)25(31)27-16-8-7-11-18-9-3-1-4-10-18/h2,5,17-19,21-22,24H,1,3-4,6-16H2,(H,27,31)(H,29,30)/b5-2+/t19-,21-,22+,24-/m1/s1. The molecule has 1 aromatic heterocycles. The summed E-state index contributed by atoms with van der Waals surface area (Å²) >= 11 is 0. The Bertz CT molecular complexity index is 813. The van der Waals surface area contributed by atoms with Gasteiger partial charge in [0.2, 0.25) is 5.89 Å². The number of oxazole rings is 1. The van der Waals surface area contributed by atoms with E-state index in [0.29, 0.717) is 24.6 Å². The van der Waals surface area contributed by atoms with E-state index < -0.39 is 5.97 Å². The molecule has 182 valence electrons. The molecule has 0 aromatic carbocycles. The Morgan fingerprint density at radius 2 is 1.91 bits per heavy atom. The Hall–Kier alpha value is -2.15. The lowest BCUT2D eigenvalue weighted by Crippen LogP contribution is -2.27. The lowest BCUT2D eigenvalue weighted by molar-refractivity contribution is -0.136. The molecule has 1 aliphatic carbocycles. The van der Waals surface area contributed by atoms with Gasteiger partial charge in [0.05, 0.1) is 18.1 Å². The predicted molar refractivity (Wildman–Crippen MR) is 124 cm³/mol. The number of carboxylic acids is 1. The van der Waals surface area contributed by atoms with Crippen LogP contribution in [0, 0.1) is 11.8 Å². The van der Waals surface area contributed by atoms with E-state index in [4.69, 9.17) is 14.3 Å². The normalized spacial score (nSPS) is 27.4. The molecule has 33 heavy (non-hydrogen) atoms. The zero-order valence-electron chi connectivity index (χ0n) is 19.5. The molecule has 2 bridgehead atoms. The van der Waals surface area contributed by atoms with Crippen LogP contribution in [0.2, 0.25) is 0 Å². The van der Waals surface area contributed by atoms with Gasteiger partial charge in [0.15, 0.2) is 5.69 Å². The van der Waals surface area contributed by atoms with Gasteiger partial charge in [-0.1, -0.05) is 57.1 Å². The lowest BCUT2D eigenvalue weighted by Gasteiger charge is -2.24. The Morgan fingerprint density at radius 3 is 2.73 bits per heavy atom. The van der Waals surface area contributed by atoms with Crippen LogP contribution in [0.15, 0.2) is 22.8 Å². The highest BCUT2D eigenvalue weighted by molar-refractivity contribution is 5.91. The zero-order valence-corrected chi connectivity index (χ0v) is 19.5. The zero-order chi connectivity index (χ0) is 23.0. The number of hydrogen-bond acceptors (Lipinski definition) is 5. The Morgan fingerprint density at radius 1 is 1.09 bits per heavy atom. The number of aliphatic carboxylic acids is 1. The van der Waals surface area contributed by atoms with Crippen LogP contribution in [0.4, 0.5) is 0 Å². The smallest absolute Gasteiger partial charge is 0.303 e. The van der Waals surface area contributed by atoms with Crippen LogP contribution >= 0.6 is 0 Å². The van der Waals surface area contributed by atoms with Crippen LogP contribution in [0.1, 0.15) is 106 Å². The van der Waals surface area contributed by atoms with Crippen molar-refractivity contribution >= 4 is 11.9 Å². The van der Waals surface area contributed by atoms with Crippen LogP contribution < -0.4 is 5.32 Å². The number of ether oxygens (including phenoxy) is 1. The molecule has 7 nitrogen and oxygen atoms in total. The van der Waals surface area contributed by atoms with Crippen molar-refractivity contribution in [2.45, 2.75) is 102 Å². The summed E-state index contributed by atoms with van der Waals surface area (Å²) in [6, 6.07) is 0. The van der Waals surface area contributed by atoms with Crippen LogP contribution in [0.5, 0.6) is 0 Å². The van der Waals surface area contributed by atoms with Gasteiger partial charge in [0.25, 0.3) is 5.91 Å². The second-order valence-corrected chi connectivity index (χ2v) is 9.95. The summed E-state index contributed by atoms with van der Waals surface area (Å²) in [6.07, 6.45) is 19.6. The fraction of sp³-hybridized carbons (Fsp3) is 0.731. The van der Waals surface area contributed by atoms with Gasteiger partial charge in [-0.2, -0.15) is 0 Å². The molecule has 1 saturated carbocycles. The molecule has 3 heterocycles. The highest BCUT2D eigenvalue weighted by atomic mass is 16.5. The minimum Gasteiger partial charge on any atom is -0.481 e. The Kier molecular flexibility index (Phi) is 8.59. The predicted octanol–water partition coefficient (Wildman–Crippen LogP) is 5.23. The fourth-order valence-electron chi connectivity index (χ4n) is 5.87. The minimum absolute atomic E-state index is 0.0462. The summed E-state index contributed by atoms with van der Waals surface area (Å²) in [6.45, 7) is 0.675. The first kappa shape index (κ1) is 24.0. The number of fused-ring (bicyclic) bond motifs is 2. The van der Waals surface area contributed by atoms with E-state index in [0.717, 1.165) is 31.6 Å². The van der Waals surface area contributed by atoms with Crippen LogP contribution in [0.3, 0.4) is 0 Å². The molecule has 7 heteroatoms. The molecule has 0 radical (unpaired) electrons. The number of nitrogens with zero attached hydrogens (tertiary/aromatic N) is 1. The van der Waals surface area contributed by atoms with Gasteiger partial charge >= 0.3 is 5.97 Å². The van der Waals surface area contributed by atoms with Crippen molar-refractivity contribution in [2.75, 3.05) is 6.54 Å². The number of aromatic nitrogens is 1. The van der Waals surface area contributed by atoms with Crippen molar-refractivity contribution in [3.63, 3.8) is 0 Å². The van der Waals surface area contributed by atoms with Crippen LogP contribution in [0.25, 0.3) is 0 Å². The van der Waals surface area contributed by atoms with Gasteiger partial charge < -0.3 is 19.6 Å². The maximum Gasteiger partial charge on any atom is 0.303 e. The Balaban J connectivity index is 1.23. The summed E-state index contributed by atoms with van der Waals surface area (Å²) in [5.41, 5.74) is 0.343. The van der Waals surface area contributed by atoms with Crippen molar-refractivity contribution in [1.29, 1.82) is 0 Å². The van der Waals surface area contributed by atoms with Crippen molar-refractivity contribution in [2.24, 2.45) is 11.8 Å². The maximum atomic E-state index is 12.6. The maximum absolute atomic E-state index is 12.6.